The zero-order chi connectivity index (χ0) is 16.4. The average molecular weight is 321 g/mol. The third kappa shape index (κ3) is 3.29. The monoisotopic (exact) mass is 321 g/mol. The lowest BCUT2D eigenvalue weighted by atomic mass is 10.2. The van der Waals surface area contributed by atoms with Gasteiger partial charge in [0.15, 0.2) is 17.5 Å². The zero-order valence-electron chi connectivity index (χ0n) is 12.1. The molecule has 0 fully saturated rings. The molecule has 120 valence electrons. The number of aliphatic hydroxyl groups excluding tert-OH is 1. The molecule has 0 amide bonds. The SMILES string of the molecule is OCc1ccc(N2C=CN(Cc3cc(F)c(F)c(F)c3)C2)cn1. The van der Waals surface area contributed by atoms with Gasteiger partial charge in [-0.15, -0.1) is 0 Å². The van der Waals surface area contributed by atoms with Gasteiger partial charge in [0.2, 0.25) is 0 Å². The van der Waals surface area contributed by atoms with Crippen LogP contribution in [-0.2, 0) is 13.2 Å². The molecule has 2 heterocycles. The Morgan fingerprint density at radius 2 is 1.83 bits per heavy atom. The van der Waals surface area contributed by atoms with Crippen molar-refractivity contribution in [2.45, 2.75) is 13.2 Å². The van der Waals surface area contributed by atoms with E-state index in [-0.39, 0.29) is 13.2 Å². The van der Waals surface area contributed by atoms with Crippen molar-refractivity contribution < 1.29 is 18.3 Å². The maximum absolute atomic E-state index is 13.2. The van der Waals surface area contributed by atoms with Gasteiger partial charge in [-0.25, -0.2) is 13.2 Å². The number of rotatable bonds is 4. The fourth-order valence-corrected chi connectivity index (χ4v) is 2.35. The second-order valence-electron chi connectivity index (χ2n) is 5.20. The number of aliphatic hydroxyl groups is 1. The minimum absolute atomic E-state index is 0.121. The molecular weight excluding hydrogens is 307 g/mol. The summed E-state index contributed by atoms with van der Waals surface area (Å²) in [6, 6.07) is 5.53. The lowest BCUT2D eigenvalue weighted by Gasteiger charge is -2.21. The van der Waals surface area contributed by atoms with Crippen molar-refractivity contribution in [3.8, 4) is 0 Å². The maximum Gasteiger partial charge on any atom is 0.194 e. The lowest BCUT2D eigenvalue weighted by molar-refractivity contribution is 0.277. The summed E-state index contributed by atoms with van der Waals surface area (Å²) in [4.78, 5) is 7.82. The van der Waals surface area contributed by atoms with E-state index >= 15 is 0 Å². The van der Waals surface area contributed by atoms with Crippen molar-refractivity contribution >= 4 is 5.69 Å². The molecule has 1 N–H and O–H groups in total. The molecule has 23 heavy (non-hydrogen) atoms. The van der Waals surface area contributed by atoms with Crippen molar-refractivity contribution in [3.05, 3.63) is 71.6 Å². The van der Waals surface area contributed by atoms with E-state index in [4.69, 9.17) is 5.11 Å². The Balaban J connectivity index is 1.67. The van der Waals surface area contributed by atoms with Crippen LogP contribution in [0.4, 0.5) is 18.9 Å². The Morgan fingerprint density at radius 3 is 2.43 bits per heavy atom. The number of hydrogen-bond acceptors (Lipinski definition) is 4. The summed E-state index contributed by atoms with van der Waals surface area (Å²) < 4.78 is 39.4. The van der Waals surface area contributed by atoms with Crippen LogP contribution in [0.2, 0.25) is 0 Å². The Morgan fingerprint density at radius 1 is 1.09 bits per heavy atom. The highest BCUT2D eigenvalue weighted by atomic mass is 19.2. The highest BCUT2D eigenvalue weighted by molar-refractivity contribution is 5.48. The third-order valence-electron chi connectivity index (χ3n) is 3.52. The predicted molar refractivity (Wildman–Crippen MR) is 78.5 cm³/mol. The second-order valence-corrected chi connectivity index (χ2v) is 5.20. The number of benzene rings is 1. The third-order valence-corrected chi connectivity index (χ3v) is 3.52. The van der Waals surface area contributed by atoms with Gasteiger partial charge in [-0.3, -0.25) is 4.98 Å². The molecule has 2 aromatic rings. The average Bonchev–Trinajstić information content (AvgIpc) is 3.01. The molecule has 0 bridgehead atoms. The van der Waals surface area contributed by atoms with Crippen LogP contribution in [0.25, 0.3) is 0 Å². The fraction of sp³-hybridized carbons (Fsp3) is 0.188. The molecule has 1 aromatic carbocycles. The van der Waals surface area contributed by atoms with Gasteiger partial charge in [-0.2, -0.15) is 0 Å². The summed E-state index contributed by atoms with van der Waals surface area (Å²) in [6.07, 6.45) is 5.22. The van der Waals surface area contributed by atoms with Crippen molar-refractivity contribution in [3.63, 3.8) is 0 Å². The van der Waals surface area contributed by atoms with Gasteiger partial charge in [0, 0.05) is 18.9 Å². The van der Waals surface area contributed by atoms with E-state index in [0.29, 0.717) is 17.9 Å². The molecule has 1 aromatic heterocycles. The van der Waals surface area contributed by atoms with E-state index in [1.807, 2.05) is 22.1 Å². The van der Waals surface area contributed by atoms with E-state index in [1.165, 1.54) is 0 Å². The van der Waals surface area contributed by atoms with E-state index < -0.39 is 17.5 Å². The van der Waals surface area contributed by atoms with Crippen molar-refractivity contribution in [1.82, 2.24) is 9.88 Å². The normalized spacial score (nSPS) is 13.9. The highest BCUT2D eigenvalue weighted by Crippen LogP contribution is 2.21. The summed E-state index contributed by atoms with van der Waals surface area (Å²) in [6.45, 7) is 0.605. The standard InChI is InChI=1S/C16H14F3N3O/c17-14-5-11(6-15(18)16(14)19)8-21-3-4-22(10-21)13-2-1-12(9-23)20-7-13/h1-7,23H,8-10H2. The maximum atomic E-state index is 13.2. The van der Waals surface area contributed by atoms with E-state index in [9.17, 15) is 13.2 Å². The van der Waals surface area contributed by atoms with Gasteiger partial charge in [0.05, 0.1) is 30.9 Å². The van der Waals surface area contributed by atoms with Crippen LogP contribution in [0.5, 0.6) is 0 Å². The van der Waals surface area contributed by atoms with Gasteiger partial charge in [0.25, 0.3) is 0 Å². The van der Waals surface area contributed by atoms with Crippen molar-refractivity contribution in [1.29, 1.82) is 0 Å². The molecule has 3 rings (SSSR count). The predicted octanol–water partition coefficient (Wildman–Crippen LogP) is 2.74. The molecule has 1 aliphatic rings. The number of pyridine rings is 1. The molecule has 4 nitrogen and oxygen atoms in total. The van der Waals surface area contributed by atoms with Crippen molar-refractivity contribution in [2.24, 2.45) is 0 Å². The smallest absolute Gasteiger partial charge is 0.194 e. The van der Waals surface area contributed by atoms with Gasteiger partial charge >= 0.3 is 0 Å². The van der Waals surface area contributed by atoms with Gasteiger partial charge in [-0.1, -0.05) is 0 Å². The molecule has 0 atom stereocenters. The van der Waals surface area contributed by atoms with Gasteiger partial charge < -0.3 is 14.9 Å². The van der Waals surface area contributed by atoms with Gasteiger partial charge in [0.1, 0.15) is 0 Å². The van der Waals surface area contributed by atoms with Crippen LogP contribution < -0.4 is 4.90 Å². The van der Waals surface area contributed by atoms with E-state index in [1.54, 1.807) is 18.5 Å². The minimum atomic E-state index is -1.46. The molecule has 0 saturated carbocycles. The van der Waals surface area contributed by atoms with Crippen molar-refractivity contribution in [2.75, 3.05) is 11.6 Å². The first-order chi connectivity index (χ1) is 11.1. The second kappa shape index (κ2) is 6.29. The van der Waals surface area contributed by atoms with Crippen LogP contribution in [-0.4, -0.2) is 21.7 Å². The topological polar surface area (TPSA) is 39.6 Å². The molecule has 0 saturated heterocycles. The molecule has 0 aliphatic carbocycles. The first-order valence-electron chi connectivity index (χ1n) is 6.95. The van der Waals surface area contributed by atoms with Gasteiger partial charge in [-0.05, 0) is 29.8 Å². The molecule has 0 radical (unpaired) electrons. The molecular formula is C16H14F3N3O. The summed E-state index contributed by atoms with van der Waals surface area (Å²) in [5.74, 6) is -3.84. The quantitative estimate of drug-likeness (QED) is 0.879. The first kappa shape index (κ1) is 15.4. The lowest BCUT2D eigenvalue weighted by Crippen LogP contribution is -2.24. The Labute approximate surface area is 131 Å². The number of aromatic nitrogens is 1. The van der Waals surface area contributed by atoms with Crippen LogP contribution in [0.1, 0.15) is 11.3 Å². The van der Waals surface area contributed by atoms with E-state index in [2.05, 4.69) is 4.98 Å². The highest BCUT2D eigenvalue weighted by Gasteiger charge is 2.17. The Hall–Kier alpha value is -2.54. The van der Waals surface area contributed by atoms with E-state index in [0.717, 1.165) is 17.8 Å². The zero-order valence-corrected chi connectivity index (χ0v) is 12.1. The number of hydrogen-bond donors (Lipinski definition) is 1. The Kier molecular flexibility index (Phi) is 4.20. The fourth-order valence-electron chi connectivity index (χ4n) is 2.35. The number of nitrogens with zero attached hydrogens (tertiary/aromatic N) is 3. The van der Waals surface area contributed by atoms with Crippen LogP contribution >= 0.6 is 0 Å². The number of halogens is 3. The molecule has 0 spiro atoms. The Bertz CT molecular complexity index is 711. The molecule has 1 aliphatic heterocycles. The summed E-state index contributed by atoms with van der Waals surface area (Å²) in [5, 5.41) is 8.98. The summed E-state index contributed by atoms with van der Waals surface area (Å²) in [5.41, 5.74) is 1.75. The molecule has 7 heteroatoms. The summed E-state index contributed by atoms with van der Waals surface area (Å²) >= 11 is 0. The largest absolute Gasteiger partial charge is 0.390 e. The molecule has 0 unspecified atom stereocenters. The van der Waals surface area contributed by atoms with Crippen LogP contribution in [0, 0.1) is 17.5 Å². The van der Waals surface area contributed by atoms with Crippen LogP contribution in [0.3, 0.4) is 0 Å². The minimum Gasteiger partial charge on any atom is -0.390 e. The van der Waals surface area contributed by atoms with Crippen LogP contribution in [0.15, 0.2) is 42.9 Å². The first-order valence-corrected chi connectivity index (χ1v) is 6.95. The summed E-state index contributed by atoms with van der Waals surface area (Å²) in [7, 11) is 0. The number of anilines is 1.